The molecule has 4 N–H and O–H groups in total. The first-order valence-corrected chi connectivity index (χ1v) is 8.88. The molecule has 0 radical (unpaired) electrons. The van der Waals surface area contributed by atoms with Crippen LogP contribution in [0.5, 0.6) is 11.5 Å². The van der Waals surface area contributed by atoms with Gasteiger partial charge in [0.05, 0.1) is 0 Å². The van der Waals surface area contributed by atoms with Crippen LogP contribution in [0.1, 0.15) is 5.56 Å². The minimum absolute atomic E-state index is 0.0916. The number of hydrogen-bond donors (Lipinski definition) is 4. The molecule has 4 aromatic rings. The number of nitrogens with zero attached hydrogens (tertiary/aromatic N) is 1. The Balaban J connectivity index is 1.57. The highest BCUT2D eigenvalue weighted by Crippen LogP contribution is 2.33. The summed E-state index contributed by atoms with van der Waals surface area (Å²) in [7, 11) is 0. The third-order valence-electron chi connectivity index (χ3n) is 4.55. The second kappa shape index (κ2) is 7.47. The lowest BCUT2D eigenvalue weighted by Crippen LogP contribution is -2.36. The maximum absolute atomic E-state index is 12.1. The average Bonchev–Trinajstić information content (AvgIpc) is 2.74. The number of phenolic OH excluding ortho intramolecular Hbond substituents is 2. The number of hydrogen-bond acceptors (Lipinski definition) is 7. The largest absolute Gasteiger partial charge is 0.508 e. The molecule has 1 aromatic heterocycles. The minimum Gasteiger partial charge on any atom is -0.508 e. The van der Waals surface area contributed by atoms with E-state index in [1.165, 1.54) is 6.07 Å². The monoisotopic (exact) mass is 387 g/mol. The Hall–Kier alpha value is -4.13. The fourth-order valence-corrected chi connectivity index (χ4v) is 3.06. The Labute approximate surface area is 165 Å². The van der Waals surface area contributed by atoms with E-state index < -0.39 is 10.9 Å². The first-order chi connectivity index (χ1) is 14.0. The molecule has 0 fully saturated rings. The maximum atomic E-state index is 12.1. The van der Waals surface area contributed by atoms with Crippen LogP contribution in [0.4, 0.5) is 17.1 Å². The van der Waals surface area contributed by atoms with Crippen molar-refractivity contribution in [3.05, 3.63) is 93.0 Å². The van der Waals surface area contributed by atoms with Gasteiger partial charge in [0.25, 0.3) is 10.9 Å². The molecule has 0 saturated carbocycles. The molecule has 0 unspecified atom stereocenters. The molecule has 0 bridgehead atoms. The van der Waals surface area contributed by atoms with Gasteiger partial charge in [0.15, 0.2) is 0 Å². The number of benzene rings is 2. The first-order valence-electron chi connectivity index (χ1n) is 8.88. The maximum Gasteiger partial charge on any atom is 0.253 e. The standard InChI is InChI=1S/C22H17N3O4/c26-16-3-1-2-13(10-16)12-24-19-20(22(29)21(19)28)25-15-4-5-18(27)17(11-15)14-6-8-23-9-7-14/h1-11,24-27H,12H2. The number of pyridine rings is 1. The van der Waals surface area contributed by atoms with Crippen molar-refractivity contribution in [2.45, 2.75) is 6.54 Å². The molecule has 0 atom stereocenters. The highest BCUT2D eigenvalue weighted by molar-refractivity contribution is 5.81. The van der Waals surface area contributed by atoms with Gasteiger partial charge in [-0.05, 0) is 53.6 Å². The van der Waals surface area contributed by atoms with Gasteiger partial charge in [-0.2, -0.15) is 0 Å². The predicted octanol–water partition coefficient (Wildman–Crippen LogP) is 3.11. The van der Waals surface area contributed by atoms with Crippen molar-refractivity contribution in [1.29, 1.82) is 0 Å². The zero-order valence-electron chi connectivity index (χ0n) is 15.2. The average molecular weight is 387 g/mol. The Kier molecular flexibility index (Phi) is 4.70. The summed E-state index contributed by atoms with van der Waals surface area (Å²) >= 11 is 0. The van der Waals surface area contributed by atoms with Gasteiger partial charge in [0.2, 0.25) is 0 Å². The molecule has 3 aromatic carbocycles. The summed E-state index contributed by atoms with van der Waals surface area (Å²) in [6.07, 6.45) is 3.24. The van der Waals surface area contributed by atoms with Crippen molar-refractivity contribution < 1.29 is 10.2 Å². The minimum atomic E-state index is -0.609. The zero-order valence-corrected chi connectivity index (χ0v) is 15.2. The third-order valence-corrected chi connectivity index (χ3v) is 4.55. The number of aromatic nitrogens is 1. The van der Waals surface area contributed by atoms with E-state index in [1.54, 1.807) is 60.9 Å². The van der Waals surface area contributed by atoms with Gasteiger partial charge in [-0.1, -0.05) is 12.1 Å². The molecule has 0 saturated heterocycles. The number of nitrogens with one attached hydrogen (secondary N) is 2. The first kappa shape index (κ1) is 18.2. The normalized spacial score (nSPS) is 10.8. The van der Waals surface area contributed by atoms with Crippen LogP contribution in [-0.2, 0) is 6.54 Å². The summed E-state index contributed by atoms with van der Waals surface area (Å²) in [5.41, 5.74) is 1.83. The van der Waals surface area contributed by atoms with Gasteiger partial charge in [0, 0.05) is 30.2 Å². The van der Waals surface area contributed by atoms with Crippen molar-refractivity contribution in [2.24, 2.45) is 0 Å². The Morgan fingerprint density at radius 3 is 2.38 bits per heavy atom. The van der Waals surface area contributed by atoms with E-state index in [0.717, 1.165) is 11.1 Å². The van der Waals surface area contributed by atoms with Crippen molar-refractivity contribution in [3.8, 4) is 22.6 Å². The molecule has 144 valence electrons. The Bertz CT molecular complexity index is 1250. The third kappa shape index (κ3) is 3.66. The van der Waals surface area contributed by atoms with Crippen LogP contribution >= 0.6 is 0 Å². The van der Waals surface area contributed by atoms with E-state index in [1.807, 2.05) is 0 Å². The van der Waals surface area contributed by atoms with E-state index in [9.17, 15) is 19.8 Å². The lowest BCUT2D eigenvalue weighted by molar-refractivity contribution is 0.474. The van der Waals surface area contributed by atoms with Crippen LogP contribution in [0.3, 0.4) is 0 Å². The summed E-state index contributed by atoms with van der Waals surface area (Å²) < 4.78 is 0. The van der Waals surface area contributed by atoms with E-state index >= 15 is 0 Å². The smallest absolute Gasteiger partial charge is 0.253 e. The van der Waals surface area contributed by atoms with Crippen LogP contribution in [0.25, 0.3) is 11.1 Å². The van der Waals surface area contributed by atoms with Crippen LogP contribution < -0.4 is 21.5 Å². The van der Waals surface area contributed by atoms with Crippen molar-refractivity contribution in [1.82, 2.24) is 4.98 Å². The van der Waals surface area contributed by atoms with Gasteiger partial charge in [-0.25, -0.2) is 0 Å². The fraction of sp³-hybridized carbons (Fsp3) is 0.0455. The van der Waals surface area contributed by atoms with E-state index in [4.69, 9.17) is 0 Å². The zero-order chi connectivity index (χ0) is 20.4. The van der Waals surface area contributed by atoms with Gasteiger partial charge in [-0.15, -0.1) is 0 Å². The summed E-state index contributed by atoms with van der Waals surface area (Å²) in [6.45, 7) is 0.284. The Morgan fingerprint density at radius 1 is 0.862 bits per heavy atom. The molecule has 4 rings (SSSR count). The molecular formula is C22H17N3O4. The number of anilines is 3. The van der Waals surface area contributed by atoms with Crippen LogP contribution in [-0.4, -0.2) is 15.2 Å². The summed E-state index contributed by atoms with van der Waals surface area (Å²) in [4.78, 5) is 28.0. The topological polar surface area (TPSA) is 112 Å². The molecule has 0 spiro atoms. The van der Waals surface area contributed by atoms with Crippen LogP contribution in [0, 0.1) is 0 Å². The summed E-state index contributed by atoms with van der Waals surface area (Å²) in [5.74, 6) is 0.217. The quantitative estimate of drug-likeness (QED) is 0.297. The van der Waals surface area contributed by atoms with Gasteiger partial charge < -0.3 is 20.8 Å². The summed E-state index contributed by atoms with van der Waals surface area (Å²) in [6, 6.07) is 15.0. The lowest BCUT2D eigenvalue weighted by Gasteiger charge is -2.16. The number of aromatic hydroxyl groups is 2. The Morgan fingerprint density at radius 2 is 1.62 bits per heavy atom. The molecule has 7 heteroatoms. The van der Waals surface area contributed by atoms with Gasteiger partial charge in [0.1, 0.15) is 22.9 Å². The molecule has 0 aliphatic heterocycles. The highest BCUT2D eigenvalue weighted by Gasteiger charge is 2.21. The highest BCUT2D eigenvalue weighted by atomic mass is 16.3. The van der Waals surface area contributed by atoms with E-state index in [0.29, 0.717) is 11.3 Å². The number of rotatable bonds is 6. The van der Waals surface area contributed by atoms with E-state index in [2.05, 4.69) is 15.6 Å². The summed E-state index contributed by atoms with van der Waals surface area (Å²) in [5, 5.41) is 25.6. The fourth-order valence-electron chi connectivity index (χ4n) is 3.06. The molecule has 1 heterocycles. The second-order valence-corrected chi connectivity index (χ2v) is 6.52. The lowest BCUT2D eigenvalue weighted by atomic mass is 10.0. The molecule has 0 aliphatic rings. The SMILES string of the molecule is O=c1c(NCc2cccc(O)c2)c(Nc2ccc(O)c(-c3ccncc3)c2)c1=O. The van der Waals surface area contributed by atoms with Crippen LogP contribution in [0.2, 0.25) is 0 Å². The van der Waals surface area contributed by atoms with Gasteiger partial charge >= 0.3 is 0 Å². The number of phenols is 2. The molecule has 0 amide bonds. The van der Waals surface area contributed by atoms with E-state index in [-0.39, 0.29) is 29.4 Å². The molecular weight excluding hydrogens is 370 g/mol. The van der Waals surface area contributed by atoms with Crippen LogP contribution in [0.15, 0.2) is 76.6 Å². The predicted molar refractivity (Wildman–Crippen MR) is 111 cm³/mol. The molecule has 0 aliphatic carbocycles. The van der Waals surface area contributed by atoms with Crippen molar-refractivity contribution in [3.63, 3.8) is 0 Å². The van der Waals surface area contributed by atoms with Gasteiger partial charge in [-0.3, -0.25) is 14.6 Å². The van der Waals surface area contributed by atoms with Crippen molar-refractivity contribution in [2.75, 3.05) is 10.6 Å². The molecule has 29 heavy (non-hydrogen) atoms. The second-order valence-electron chi connectivity index (χ2n) is 6.52. The van der Waals surface area contributed by atoms with Crippen molar-refractivity contribution >= 4 is 17.1 Å². The molecule has 7 nitrogen and oxygen atoms in total.